The molecule has 4 nitrogen and oxygen atoms in total. The van der Waals surface area contributed by atoms with Gasteiger partial charge in [-0.3, -0.25) is 5.84 Å². The average Bonchev–Trinajstić information content (AvgIpc) is 2.40. The maximum atomic E-state index is 5.31. The maximum absolute atomic E-state index is 5.31. The number of hydrazine groups is 1. The topological polar surface area (TPSA) is 53.6 Å². The molecule has 0 bridgehead atoms. The second-order valence-electron chi connectivity index (χ2n) is 4.63. The smallest absolute Gasteiger partial charge is 0.0937 e. The predicted octanol–water partition coefficient (Wildman–Crippen LogP) is 2.25. The Kier molecular flexibility index (Phi) is 5.92. The summed E-state index contributed by atoms with van der Waals surface area (Å²) in [4.78, 5) is 7.19. The molecule has 1 aromatic carbocycles. The molecule has 0 atom stereocenters. The highest BCUT2D eigenvalue weighted by atomic mass is 32.1. The predicted molar refractivity (Wildman–Crippen MR) is 86.0 cm³/mol. The van der Waals surface area contributed by atoms with E-state index in [1.165, 1.54) is 11.1 Å². The molecule has 0 amide bonds. The highest BCUT2D eigenvalue weighted by Crippen LogP contribution is 2.23. The summed E-state index contributed by atoms with van der Waals surface area (Å²) in [5, 5.41) is 0. The Morgan fingerprint density at radius 2 is 2.11 bits per heavy atom. The van der Waals surface area contributed by atoms with Gasteiger partial charge in [0.05, 0.1) is 17.0 Å². The number of benzene rings is 1. The van der Waals surface area contributed by atoms with Gasteiger partial charge in [0.25, 0.3) is 0 Å². The fourth-order valence-electron chi connectivity index (χ4n) is 1.66. The summed E-state index contributed by atoms with van der Waals surface area (Å²) >= 11 is 5.10. The number of nitrogens with one attached hydrogen (secondary N) is 1. The van der Waals surface area contributed by atoms with Gasteiger partial charge in [0.2, 0.25) is 0 Å². The molecule has 0 heterocycles. The van der Waals surface area contributed by atoms with E-state index in [0.717, 1.165) is 17.8 Å². The fraction of sp³-hybridized carbons (Fsp3) is 0.429. The standard InChI is InChI=1S/C14H22N4S/c1-5-18(4)9-16-13-7-10(2)12(6-11(13)3)8-14(19)17-15/h6-7,9H,5,8,15H2,1-4H3,(H,17,19). The first-order valence-corrected chi connectivity index (χ1v) is 6.72. The molecule has 19 heavy (non-hydrogen) atoms. The summed E-state index contributed by atoms with van der Waals surface area (Å²) in [6.45, 7) is 7.15. The monoisotopic (exact) mass is 278 g/mol. The van der Waals surface area contributed by atoms with Crippen molar-refractivity contribution < 1.29 is 0 Å². The molecule has 104 valence electrons. The minimum atomic E-state index is 0.643. The van der Waals surface area contributed by atoms with E-state index in [4.69, 9.17) is 18.1 Å². The van der Waals surface area contributed by atoms with Crippen LogP contribution >= 0.6 is 12.2 Å². The van der Waals surface area contributed by atoms with Gasteiger partial charge in [0.1, 0.15) is 0 Å². The first-order valence-electron chi connectivity index (χ1n) is 6.32. The van der Waals surface area contributed by atoms with E-state index in [1.807, 2.05) is 18.3 Å². The largest absolute Gasteiger partial charge is 0.366 e. The van der Waals surface area contributed by atoms with Crippen LogP contribution in [-0.4, -0.2) is 29.8 Å². The van der Waals surface area contributed by atoms with Gasteiger partial charge in [0, 0.05) is 20.0 Å². The Morgan fingerprint density at radius 1 is 1.42 bits per heavy atom. The number of rotatable bonds is 5. The van der Waals surface area contributed by atoms with Gasteiger partial charge in [-0.2, -0.15) is 0 Å². The lowest BCUT2D eigenvalue weighted by molar-refractivity contribution is 0.552. The van der Waals surface area contributed by atoms with Crippen LogP contribution in [0.15, 0.2) is 17.1 Å². The molecule has 0 unspecified atom stereocenters. The zero-order valence-corrected chi connectivity index (χ0v) is 12.8. The number of aryl methyl sites for hydroxylation is 2. The van der Waals surface area contributed by atoms with E-state index in [0.29, 0.717) is 11.4 Å². The van der Waals surface area contributed by atoms with E-state index in [1.54, 1.807) is 0 Å². The van der Waals surface area contributed by atoms with Crippen LogP contribution in [0.3, 0.4) is 0 Å². The van der Waals surface area contributed by atoms with Gasteiger partial charge in [-0.05, 0) is 43.5 Å². The van der Waals surface area contributed by atoms with Crippen LogP contribution in [-0.2, 0) is 6.42 Å². The van der Waals surface area contributed by atoms with Crippen molar-refractivity contribution in [3.63, 3.8) is 0 Å². The summed E-state index contributed by atoms with van der Waals surface area (Å²) in [6.07, 6.45) is 2.52. The van der Waals surface area contributed by atoms with Crippen LogP contribution in [0.4, 0.5) is 5.69 Å². The van der Waals surface area contributed by atoms with Crippen molar-refractivity contribution >= 4 is 29.2 Å². The van der Waals surface area contributed by atoms with Crippen molar-refractivity contribution in [3.8, 4) is 0 Å². The summed E-state index contributed by atoms with van der Waals surface area (Å²) in [5.41, 5.74) is 7.01. The number of nitrogens with two attached hydrogens (primary N) is 1. The number of thiocarbonyl (C=S) groups is 1. The quantitative estimate of drug-likeness (QED) is 0.285. The van der Waals surface area contributed by atoms with Crippen LogP contribution < -0.4 is 11.3 Å². The number of aliphatic imine (C=N–C) groups is 1. The Morgan fingerprint density at radius 3 is 2.68 bits per heavy atom. The second-order valence-corrected chi connectivity index (χ2v) is 5.12. The molecule has 0 aliphatic heterocycles. The summed E-state index contributed by atoms with van der Waals surface area (Å²) < 4.78 is 0. The lowest BCUT2D eigenvalue weighted by Gasteiger charge is -2.12. The minimum absolute atomic E-state index is 0.643. The molecule has 0 aliphatic carbocycles. The van der Waals surface area contributed by atoms with Gasteiger partial charge in [-0.15, -0.1) is 0 Å². The molecule has 1 aromatic rings. The molecule has 0 saturated carbocycles. The van der Waals surface area contributed by atoms with Gasteiger partial charge in [0.15, 0.2) is 0 Å². The van der Waals surface area contributed by atoms with Crippen molar-refractivity contribution in [1.82, 2.24) is 10.3 Å². The average molecular weight is 278 g/mol. The lowest BCUT2D eigenvalue weighted by Crippen LogP contribution is -2.30. The van der Waals surface area contributed by atoms with Crippen LogP contribution in [0.1, 0.15) is 23.6 Å². The van der Waals surface area contributed by atoms with Crippen LogP contribution in [0, 0.1) is 13.8 Å². The van der Waals surface area contributed by atoms with Crippen LogP contribution in [0.2, 0.25) is 0 Å². The molecule has 0 aromatic heterocycles. The Balaban J connectivity index is 2.96. The first kappa shape index (κ1) is 15.6. The minimum Gasteiger partial charge on any atom is -0.366 e. The summed E-state index contributed by atoms with van der Waals surface area (Å²) in [7, 11) is 2.01. The SMILES string of the molecule is CCN(C)C=Nc1cc(C)c(CC(=S)NN)cc1C. The van der Waals surface area contributed by atoms with E-state index < -0.39 is 0 Å². The zero-order chi connectivity index (χ0) is 14.4. The molecule has 0 radical (unpaired) electrons. The van der Waals surface area contributed by atoms with E-state index in [9.17, 15) is 0 Å². The summed E-state index contributed by atoms with van der Waals surface area (Å²) in [5.74, 6) is 5.31. The van der Waals surface area contributed by atoms with Gasteiger partial charge in [-0.1, -0.05) is 18.3 Å². The van der Waals surface area contributed by atoms with Crippen molar-refractivity contribution in [2.75, 3.05) is 13.6 Å². The molecule has 0 saturated heterocycles. The third-order valence-corrected chi connectivity index (χ3v) is 3.32. The van der Waals surface area contributed by atoms with Gasteiger partial charge >= 0.3 is 0 Å². The number of nitrogens with zero attached hydrogens (tertiary/aromatic N) is 2. The Bertz CT molecular complexity index is 483. The third kappa shape index (κ3) is 4.61. The Labute approximate surface area is 120 Å². The van der Waals surface area contributed by atoms with Crippen LogP contribution in [0.5, 0.6) is 0 Å². The second kappa shape index (κ2) is 7.21. The molecular formula is C14H22N4S. The molecule has 0 aliphatic rings. The molecular weight excluding hydrogens is 256 g/mol. The molecule has 5 heteroatoms. The first-order chi connectivity index (χ1) is 8.97. The molecule has 3 N–H and O–H groups in total. The number of hydrogen-bond acceptors (Lipinski definition) is 3. The highest BCUT2D eigenvalue weighted by molar-refractivity contribution is 7.80. The van der Waals surface area contributed by atoms with Crippen molar-refractivity contribution in [3.05, 3.63) is 28.8 Å². The Hall–Kier alpha value is -1.46. The molecule has 0 fully saturated rings. The maximum Gasteiger partial charge on any atom is 0.0937 e. The van der Waals surface area contributed by atoms with Crippen molar-refractivity contribution in [1.29, 1.82) is 0 Å². The zero-order valence-electron chi connectivity index (χ0n) is 12.0. The highest BCUT2D eigenvalue weighted by Gasteiger charge is 2.06. The lowest BCUT2D eigenvalue weighted by atomic mass is 10.0. The summed E-state index contributed by atoms with van der Waals surface area (Å²) in [6, 6.07) is 4.21. The molecule has 1 rings (SSSR count). The third-order valence-electron chi connectivity index (χ3n) is 3.06. The molecule has 0 spiro atoms. The van der Waals surface area contributed by atoms with Crippen molar-refractivity contribution in [2.45, 2.75) is 27.2 Å². The van der Waals surface area contributed by atoms with E-state index in [-0.39, 0.29) is 0 Å². The fourth-order valence-corrected chi connectivity index (χ4v) is 1.81. The van der Waals surface area contributed by atoms with Gasteiger partial charge in [-0.25, -0.2) is 4.99 Å². The van der Waals surface area contributed by atoms with E-state index >= 15 is 0 Å². The van der Waals surface area contributed by atoms with E-state index in [2.05, 4.69) is 43.3 Å². The number of hydrogen-bond donors (Lipinski definition) is 2. The van der Waals surface area contributed by atoms with Crippen molar-refractivity contribution in [2.24, 2.45) is 10.8 Å². The van der Waals surface area contributed by atoms with Crippen LogP contribution in [0.25, 0.3) is 0 Å². The van der Waals surface area contributed by atoms with Gasteiger partial charge < -0.3 is 10.3 Å². The normalized spacial score (nSPS) is 10.8.